The van der Waals surface area contributed by atoms with Crippen molar-refractivity contribution in [1.29, 1.82) is 0 Å². The van der Waals surface area contributed by atoms with Crippen LogP contribution in [0.4, 0.5) is 0 Å². The molecule has 1 fully saturated rings. The quantitative estimate of drug-likeness (QED) is 0.800. The van der Waals surface area contributed by atoms with Crippen molar-refractivity contribution < 1.29 is 9.47 Å². The second-order valence-corrected chi connectivity index (χ2v) is 6.25. The first kappa shape index (κ1) is 17.1. The molecule has 1 aromatic rings. The molecular formula is C18H30N2O2. The molecule has 0 aromatic heterocycles. The van der Waals surface area contributed by atoms with E-state index in [1.165, 1.54) is 31.6 Å². The van der Waals surface area contributed by atoms with Crippen molar-refractivity contribution in [3.05, 3.63) is 23.8 Å². The number of nitrogens with zero attached hydrogens (tertiary/aromatic N) is 1. The number of benzene rings is 1. The smallest absolute Gasteiger partial charge is 0.160 e. The molecule has 0 saturated carbocycles. The summed E-state index contributed by atoms with van der Waals surface area (Å²) in [6.45, 7) is 9.29. The molecule has 1 N–H and O–H groups in total. The predicted molar refractivity (Wildman–Crippen MR) is 90.9 cm³/mol. The van der Waals surface area contributed by atoms with Crippen molar-refractivity contribution in [2.24, 2.45) is 5.92 Å². The molecule has 0 radical (unpaired) electrons. The maximum Gasteiger partial charge on any atom is 0.160 e. The van der Waals surface area contributed by atoms with Crippen molar-refractivity contribution in [3.8, 4) is 11.5 Å². The van der Waals surface area contributed by atoms with E-state index in [0.717, 1.165) is 30.4 Å². The van der Waals surface area contributed by atoms with Crippen molar-refractivity contribution in [1.82, 2.24) is 10.2 Å². The summed E-state index contributed by atoms with van der Waals surface area (Å²) in [7, 11) is 3.35. The maximum atomic E-state index is 5.37. The topological polar surface area (TPSA) is 33.7 Å². The van der Waals surface area contributed by atoms with E-state index in [1.54, 1.807) is 14.2 Å². The van der Waals surface area contributed by atoms with Crippen molar-refractivity contribution >= 4 is 0 Å². The van der Waals surface area contributed by atoms with Crippen LogP contribution in [0, 0.1) is 5.92 Å². The number of likely N-dealkylation sites (tertiary alicyclic amines) is 1. The Hall–Kier alpha value is -1.26. The molecule has 1 aromatic carbocycles. The van der Waals surface area contributed by atoms with E-state index in [-0.39, 0.29) is 0 Å². The van der Waals surface area contributed by atoms with Gasteiger partial charge in [0.2, 0.25) is 0 Å². The number of methoxy groups -OCH3 is 2. The van der Waals surface area contributed by atoms with Crippen LogP contribution in [0.1, 0.15) is 25.8 Å². The Labute approximate surface area is 134 Å². The zero-order chi connectivity index (χ0) is 15.9. The van der Waals surface area contributed by atoms with Crippen molar-refractivity contribution in [2.45, 2.75) is 32.7 Å². The Morgan fingerprint density at radius 2 is 2.05 bits per heavy atom. The largest absolute Gasteiger partial charge is 0.493 e. The van der Waals surface area contributed by atoms with Gasteiger partial charge in [-0.15, -0.1) is 0 Å². The third kappa shape index (κ3) is 4.62. The van der Waals surface area contributed by atoms with Gasteiger partial charge in [-0.2, -0.15) is 0 Å². The Balaban J connectivity index is 1.80. The first-order chi connectivity index (χ1) is 10.7. The van der Waals surface area contributed by atoms with Crippen LogP contribution in [-0.4, -0.2) is 51.3 Å². The summed E-state index contributed by atoms with van der Waals surface area (Å²) in [4.78, 5) is 2.53. The lowest BCUT2D eigenvalue weighted by molar-refractivity contribution is 0.335. The fourth-order valence-corrected chi connectivity index (χ4v) is 3.17. The maximum absolute atomic E-state index is 5.37. The molecule has 0 amide bonds. The Morgan fingerprint density at radius 3 is 2.68 bits per heavy atom. The molecule has 1 aliphatic heterocycles. The molecule has 0 spiro atoms. The lowest BCUT2D eigenvalue weighted by Gasteiger charge is -2.18. The van der Waals surface area contributed by atoms with Gasteiger partial charge < -0.3 is 19.7 Å². The standard InChI is InChI=1S/C18H30N2O2/c1-5-20-9-8-16(13-20)12-19-14(2)10-15-6-7-17(21-3)18(11-15)22-4/h6-7,11,14,16,19H,5,8-10,12-13H2,1-4H3. The highest BCUT2D eigenvalue weighted by Crippen LogP contribution is 2.28. The molecule has 0 aliphatic carbocycles. The zero-order valence-electron chi connectivity index (χ0n) is 14.4. The summed E-state index contributed by atoms with van der Waals surface area (Å²) in [5.41, 5.74) is 1.28. The first-order valence-corrected chi connectivity index (χ1v) is 8.32. The molecule has 1 saturated heterocycles. The van der Waals surface area contributed by atoms with E-state index in [1.807, 2.05) is 6.07 Å². The molecule has 0 bridgehead atoms. The van der Waals surface area contributed by atoms with Crippen molar-refractivity contribution in [2.75, 3.05) is 40.4 Å². The second-order valence-electron chi connectivity index (χ2n) is 6.25. The zero-order valence-corrected chi connectivity index (χ0v) is 14.4. The fourth-order valence-electron chi connectivity index (χ4n) is 3.17. The van der Waals surface area contributed by atoms with Gasteiger partial charge in [0.25, 0.3) is 0 Å². The third-order valence-electron chi connectivity index (χ3n) is 4.56. The molecule has 2 unspecified atom stereocenters. The third-order valence-corrected chi connectivity index (χ3v) is 4.56. The summed E-state index contributed by atoms with van der Waals surface area (Å²) in [6, 6.07) is 6.64. The van der Waals surface area contributed by atoms with Crippen LogP contribution in [0.15, 0.2) is 18.2 Å². The van der Waals surface area contributed by atoms with Gasteiger partial charge in [0, 0.05) is 12.6 Å². The molecule has 2 rings (SSSR count). The minimum absolute atomic E-state index is 0.466. The van der Waals surface area contributed by atoms with Crippen LogP contribution in [0.5, 0.6) is 11.5 Å². The Bertz CT molecular complexity index is 464. The average molecular weight is 306 g/mol. The van der Waals surface area contributed by atoms with Gasteiger partial charge in [-0.3, -0.25) is 0 Å². The summed E-state index contributed by atoms with van der Waals surface area (Å²) in [5, 5.41) is 3.69. The van der Waals surface area contributed by atoms with Crippen molar-refractivity contribution in [3.63, 3.8) is 0 Å². The minimum Gasteiger partial charge on any atom is -0.493 e. The molecule has 4 nitrogen and oxygen atoms in total. The normalized spacial score (nSPS) is 20.1. The van der Waals surface area contributed by atoms with Crippen LogP contribution in [0.25, 0.3) is 0 Å². The summed E-state index contributed by atoms with van der Waals surface area (Å²) < 4.78 is 10.7. The van der Waals surface area contributed by atoms with E-state index in [2.05, 4.69) is 36.2 Å². The average Bonchev–Trinajstić information content (AvgIpc) is 3.01. The SMILES string of the molecule is CCN1CCC(CNC(C)Cc2ccc(OC)c(OC)c2)C1. The van der Waals surface area contributed by atoms with Crippen LogP contribution >= 0.6 is 0 Å². The number of nitrogens with one attached hydrogen (secondary N) is 1. The van der Waals surface area contributed by atoms with E-state index in [0.29, 0.717) is 6.04 Å². The molecule has 2 atom stereocenters. The van der Waals surface area contributed by atoms with E-state index in [4.69, 9.17) is 9.47 Å². The lowest BCUT2D eigenvalue weighted by Crippen LogP contribution is -2.33. The summed E-state index contributed by atoms with van der Waals surface area (Å²) in [5.74, 6) is 2.40. The molecule has 1 heterocycles. The highest BCUT2D eigenvalue weighted by molar-refractivity contribution is 5.43. The minimum atomic E-state index is 0.466. The highest BCUT2D eigenvalue weighted by Gasteiger charge is 2.21. The molecule has 4 heteroatoms. The van der Waals surface area contributed by atoms with Gasteiger partial charge in [0.1, 0.15) is 0 Å². The van der Waals surface area contributed by atoms with E-state index >= 15 is 0 Å². The summed E-state index contributed by atoms with van der Waals surface area (Å²) in [6.07, 6.45) is 2.33. The van der Waals surface area contributed by atoms with Gasteiger partial charge in [0.05, 0.1) is 14.2 Å². The van der Waals surface area contributed by atoms with Gasteiger partial charge in [-0.1, -0.05) is 13.0 Å². The number of hydrogen-bond donors (Lipinski definition) is 1. The first-order valence-electron chi connectivity index (χ1n) is 8.32. The Kier molecular flexibility index (Phi) is 6.52. The van der Waals surface area contributed by atoms with E-state index in [9.17, 15) is 0 Å². The van der Waals surface area contributed by atoms with Crippen LogP contribution in [0.2, 0.25) is 0 Å². The van der Waals surface area contributed by atoms with Gasteiger partial charge in [0.15, 0.2) is 11.5 Å². The second kappa shape index (κ2) is 8.39. The number of rotatable bonds is 8. The lowest BCUT2D eigenvalue weighted by atomic mass is 10.0. The van der Waals surface area contributed by atoms with Gasteiger partial charge in [-0.25, -0.2) is 0 Å². The highest BCUT2D eigenvalue weighted by atomic mass is 16.5. The molecule has 124 valence electrons. The van der Waals surface area contributed by atoms with Gasteiger partial charge in [-0.05, 0) is 63.0 Å². The molecule has 22 heavy (non-hydrogen) atoms. The summed E-state index contributed by atoms with van der Waals surface area (Å²) >= 11 is 0. The Morgan fingerprint density at radius 1 is 1.27 bits per heavy atom. The molecule has 1 aliphatic rings. The number of hydrogen-bond acceptors (Lipinski definition) is 4. The number of ether oxygens (including phenoxy) is 2. The fraction of sp³-hybridized carbons (Fsp3) is 0.667. The van der Waals surface area contributed by atoms with Crippen LogP contribution in [0.3, 0.4) is 0 Å². The van der Waals surface area contributed by atoms with Crippen LogP contribution in [-0.2, 0) is 6.42 Å². The monoisotopic (exact) mass is 306 g/mol. The van der Waals surface area contributed by atoms with Gasteiger partial charge >= 0.3 is 0 Å². The predicted octanol–water partition coefficient (Wildman–Crippen LogP) is 2.57. The van der Waals surface area contributed by atoms with Crippen LogP contribution < -0.4 is 14.8 Å². The van der Waals surface area contributed by atoms with E-state index < -0.39 is 0 Å². The molecular weight excluding hydrogens is 276 g/mol.